The molecule has 0 aromatic heterocycles. The Kier molecular flexibility index (Phi) is 1.91. The Labute approximate surface area is 68.1 Å². The van der Waals surface area contributed by atoms with Crippen molar-refractivity contribution >= 4 is 20.2 Å². The quantitative estimate of drug-likeness (QED) is 0.421. The largest absolute Gasteiger partial charge is 0.391 e. The predicted octanol–water partition coefficient (Wildman–Crippen LogP) is -1.60. The van der Waals surface area contributed by atoms with Crippen LogP contribution in [0, 0.1) is 0 Å². The summed E-state index contributed by atoms with van der Waals surface area (Å²) in [6.07, 6.45) is 0. The fourth-order valence-corrected chi connectivity index (χ4v) is 2.39. The van der Waals surface area contributed by atoms with Gasteiger partial charge < -0.3 is 9.29 Å². The molecule has 0 aromatic rings. The van der Waals surface area contributed by atoms with Gasteiger partial charge in [-0.3, -0.25) is 4.55 Å². The van der Waals surface area contributed by atoms with Crippen molar-refractivity contribution in [1.29, 1.82) is 0 Å². The molecule has 12 heavy (non-hydrogen) atoms. The SMILES string of the molecule is O=S(=O)(O)/C(CO)=C1\OS1(=O)=O. The lowest BCUT2D eigenvalue weighted by Crippen LogP contribution is -2.06. The molecule has 0 bridgehead atoms. The summed E-state index contributed by atoms with van der Waals surface area (Å²) in [5.41, 5.74) is 0. The Balaban J connectivity index is 3.28. The molecule has 1 heterocycles. The van der Waals surface area contributed by atoms with Gasteiger partial charge in [-0.15, -0.1) is 0 Å². The molecule has 0 amide bonds. The van der Waals surface area contributed by atoms with Gasteiger partial charge in [-0.25, -0.2) is 0 Å². The fourth-order valence-electron chi connectivity index (χ4n) is 0.520. The van der Waals surface area contributed by atoms with E-state index in [0.29, 0.717) is 0 Å². The van der Waals surface area contributed by atoms with Crippen molar-refractivity contribution in [3.63, 3.8) is 0 Å². The fraction of sp³-hybridized carbons (Fsp3) is 0.333. The molecule has 7 nitrogen and oxygen atoms in total. The second-order valence-electron chi connectivity index (χ2n) is 1.88. The Bertz CT molecular complexity index is 423. The average Bonchev–Trinajstić information content (AvgIpc) is 2.38. The summed E-state index contributed by atoms with van der Waals surface area (Å²) in [5.74, 6) is 0. The Morgan fingerprint density at radius 1 is 1.50 bits per heavy atom. The minimum absolute atomic E-state index is 0.896. The molecule has 0 aliphatic carbocycles. The number of aliphatic hydroxyl groups excluding tert-OH is 1. The molecule has 70 valence electrons. The summed E-state index contributed by atoms with van der Waals surface area (Å²) < 4.78 is 53.5. The van der Waals surface area contributed by atoms with Crippen molar-refractivity contribution in [2.24, 2.45) is 0 Å². The molecule has 2 N–H and O–H groups in total. The molecule has 0 unspecified atom stereocenters. The number of hydrogen-bond acceptors (Lipinski definition) is 6. The normalized spacial score (nSPS) is 24.5. The number of hydrogen-bond donors (Lipinski definition) is 2. The van der Waals surface area contributed by atoms with E-state index in [9.17, 15) is 16.8 Å². The van der Waals surface area contributed by atoms with Crippen LogP contribution in [0.4, 0.5) is 0 Å². The number of rotatable bonds is 2. The van der Waals surface area contributed by atoms with Crippen molar-refractivity contribution in [3.8, 4) is 0 Å². The van der Waals surface area contributed by atoms with Crippen LogP contribution in [0.15, 0.2) is 10.00 Å². The zero-order valence-electron chi connectivity index (χ0n) is 5.46. The average molecular weight is 216 g/mol. The summed E-state index contributed by atoms with van der Waals surface area (Å²) in [6, 6.07) is 0. The van der Waals surface area contributed by atoms with Crippen LogP contribution in [0.1, 0.15) is 0 Å². The highest BCUT2D eigenvalue weighted by Gasteiger charge is 2.46. The van der Waals surface area contributed by atoms with Gasteiger partial charge in [0.25, 0.3) is 15.2 Å². The Morgan fingerprint density at radius 2 is 1.92 bits per heavy atom. The molecule has 0 atom stereocenters. The van der Waals surface area contributed by atoms with Crippen molar-refractivity contribution < 1.29 is 30.7 Å². The van der Waals surface area contributed by atoms with Gasteiger partial charge >= 0.3 is 10.1 Å². The van der Waals surface area contributed by atoms with Gasteiger partial charge in [0.05, 0.1) is 6.61 Å². The van der Waals surface area contributed by atoms with Gasteiger partial charge in [0.2, 0.25) is 0 Å². The van der Waals surface area contributed by atoms with E-state index in [1.807, 2.05) is 0 Å². The second-order valence-corrected chi connectivity index (χ2v) is 4.77. The second kappa shape index (κ2) is 2.42. The van der Waals surface area contributed by atoms with E-state index in [0.717, 1.165) is 0 Å². The van der Waals surface area contributed by atoms with Gasteiger partial charge in [-0.2, -0.15) is 16.8 Å². The van der Waals surface area contributed by atoms with Crippen molar-refractivity contribution in [2.45, 2.75) is 0 Å². The summed E-state index contributed by atoms with van der Waals surface area (Å²) in [4.78, 5) is -1.04. The van der Waals surface area contributed by atoms with Crippen LogP contribution in [-0.4, -0.2) is 33.1 Å². The molecule has 1 aliphatic rings. The maximum atomic E-state index is 10.4. The van der Waals surface area contributed by atoms with Crippen LogP contribution in [0.25, 0.3) is 0 Å². The van der Waals surface area contributed by atoms with Crippen molar-refractivity contribution in [1.82, 2.24) is 0 Å². The maximum Gasteiger partial charge on any atom is 0.376 e. The van der Waals surface area contributed by atoms with Crippen molar-refractivity contribution in [3.05, 3.63) is 10.00 Å². The molecule has 1 saturated heterocycles. The minimum Gasteiger partial charge on any atom is -0.391 e. The van der Waals surface area contributed by atoms with E-state index in [2.05, 4.69) is 4.18 Å². The highest BCUT2D eigenvalue weighted by molar-refractivity contribution is 7.98. The maximum absolute atomic E-state index is 10.4. The van der Waals surface area contributed by atoms with E-state index in [4.69, 9.17) is 9.66 Å². The van der Waals surface area contributed by atoms with E-state index in [1.54, 1.807) is 0 Å². The molecule has 0 spiro atoms. The van der Waals surface area contributed by atoms with E-state index in [-0.39, 0.29) is 0 Å². The summed E-state index contributed by atoms with van der Waals surface area (Å²) in [6.45, 7) is -1.12. The van der Waals surface area contributed by atoms with Crippen molar-refractivity contribution in [2.75, 3.05) is 6.61 Å². The lowest BCUT2D eigenvalue weighted by molar-refractivity contribution is 0.332. The molecular weight excluding hydrogens is 212 g/mol. The van der Waals surface area contributed by atoms with Crippen LogP contribution in [0.2, 0.25) is 0 Å². The molecule has 0 saturated carbocycles. The highest BCUT2D eigenvalue weighted by atomic mass is 32.2. The molecule has 9 heteroatoms. The van der Waals surface area contributed by atoms with Gasteiger partial charge in [0.1, 0.15) is 0 Å². The summed E-state index contributed by atoms with van der Waals surface area (Å²) in [5, 5.41) is 7.47. The molecular formula is C3H4O7S2. The zero-order chi connectivity index (χ0) is 9.57. The van der Waals surface area contributed by atoms with Crippen LogP contribution >= 0.6 is 0 Å². The monoisotopic (exact) mass is 216 g/mol. The first kappa shape index (κ1) is 9.45. The van der Waals surface area contributed by atoms with E-state index in [1.165, 1.54) is 0 Å². The van der Waals surface area contributed by atoms with Crippen LogP contribution in [0.5, 0.6) is 0 Å². The molecule has 0 aromatic carbocycles. The molecule has 0 radical (unpaired) electrons. The topological polar surface area (TPSA) is 121 Å². The first-order chi connectivity index (χ1) is 5.29. The zero-order valence-corrected chi connectivity index (χ0v) is 7.09. The smallest absolute Gasteiger partial charge is 0.376 e. The highest BCUT2D eigenvalue weighted by Crippen LogP contribution is 2.34. The van der Waals surface area contributed by atoms with Gasteiger partial charge in [0, 0.05) is 0 Å². The van der Waals surface area contributed by atoms with Gasteiger partial charge in [0.15, 0.2) is 4.91 Å². The van der Waals surface area contributed by atoms with E-state index < -0.39 is 36.8 Å². The third-order valence-corrected chi connectivity index (χ3v) is 3.15. The lowest BCUT2D eigenvalue weighted by atomic mass is 10.7. The molecule has 1 fully saturated rings. The van der Waals surface area contributed by atoms with Crippen LogP contribution < -0.4 is 0 Å². The summed E-state index contributed by atoms with van der Waals surface area (Å²) >= 11 is 0. The van der Waals surface area contributed by atoms with E-state index >= 15 is 0 Å². The Morgan fingerprint density at radius 3 is 2.00 bits per heavy atom. The number of aliphatic hydroxyl groups is 1. The third-order valence-electron chi connectivity index (χ3n) is 1.07. The first-order valence-corrected chi connectivity index (χ1v) is 5.40. The standard InChI is InChI=1S/C3H4O7S2/c4-1-2(11(5,6)7)3-10-12(3,8)9/h4H,1H2,(H,5,6,7)/b3-2+. The van der Waals surface area contributed by atoms with Gasteiger partial charge in [-0.05, 0) is 0 Å². The first-order valence-electron chi connectivity index (χ1n) is 2.55. The molecule has 1 aliphatic heterocycles. The Hall–Kier alpha value is -0.640. The lowest BCUT2D eigenvalue weighted by Gasteiger charge is -1.91. The molecule has 1 rings (SSSR count). The minimum atomic E-state index is -4.70. The predicted molar refractivity (Wildman–Crippen MR) is 35.7 cm³/mol. The van der Waals surface area contributed by atoms with Gasteiger partial charge in [-0.1, -0.05) is 0 Å². The van der Waals surface area contributed by atoms with Crippen LogP contribution in [-0.2, 0) is 24.4 Å². The summed E-state index contributed by atoms with van der Waals surface area (Å²) in [7, 11) is -8.67. The third kappa shape index (κ3) is 1.58. The van der Waals surface area contributed by atoms with Crippen LogP contribution in [0.3, 0.4) is 0 Å².